The van der Waals surface area contributed by atoms with Gasteiger partial charge in [0.15, 0.2) is 0 Å². The quantitative estimate of drug-likeness (QED) is 0.884. The lowest BCUT2D eigenvalue weighted by Crippen LogP contribution is -2.20. The largest absolute Gasteiger partial charge is 0.305 e. The van der Waals surface area contributed by atoms with Crippen LogP contribution in [-0.2, 0) is 13.6 Å². The summed E-state index contributed by atoms with van der Waals surface area (Å²) in [4.78, 5) is 0. The van der Waals surface area contributed by atoms with Gasteiger partial charge in [0.2, 0.25) is 0 Å². The number of aromatic nitrogens is 2. The van der Waals surface area contributed by atoms with E-state index in [0.29, 0.717) is 0 Å². The number of halogens is 2. The van der Waals surface area contributed by atoms with Crippen molar-refractivity contribution in [3.8, 4) is 0 Å². The monoisotopic (exact) mass is 371 g/mol. The first-order valence-corrected chi connectivity index (χ1v) is 7.31. The second kappa shape index (κ2) is 5.99. The van der Waals surface area contributed by atoms with E-state index in [1.165, 1.54) is 11.3 Å². The number of aryl methyl sites for hydroxylation is 1. The maximum Gasteiger partial charge on any atom is 0.0518 e. The van der Waals surface area contributed by atoms with Crippen molar-refractivity contribution in [3.05, 3.63) is 50.7 Å². The average molecular weight is 373 g/mol. The van der Waals surface area contributed by atoms with Crippen molar-refractivity contribution in [2.45, 2.75) is 19.5 Å². The van der Waals surface area contributed by atoms with E-state index in [0.717, 1.165) is 15.5 Å². The van der Waals surface area contributed by atoms with Gasteiger partial charge in [0, 0.05) is 34.8 Å². The smallest absolute Gasteiger partial charge is 0.0518 e. The lowest BCUT2D eigenvalue weighted by Gasteiger charge is -2.16. The Balaban J connectivity index is 2.03. The zero-order valence-corrected chi connectivity index (χ0v) is 13.5. The number of hydrogen-bond acceptors (Lipinski definition) is 2. The third-order valence-corrected chi connectivity index (χ3v) is 4.12. The Morgan fingerprint density at radius 1 is 1.33 bits per heavy atom. The van der Waals surface area contributed by atoms with E-state index >= 15 is 0 Å². The Hall–Kier alpha value is -0.650. The Kier molecular flexibility index (Phi) is 4.59. The first-order valence-electron chi connectivity index (χ1n) is 5.73. The summed E-state index contributed by atoms with van der Waals surface area (Å²) in [5.74, 6) is 0. The molecule has 0 aliphatic carbocycles. The molecule has 1 atom stereocenters. The second-order valence-electron chi connectivity index (χ2n) is 4.21. The van der Waals surface area contributed by atoms with Gasteiger partial charge in [-0.25, -0.2) is 0 Å². The van der Waals surface area contributed by atoms with E-state index in [1.54, 1.807) is 0 Å². The van der Waals surface area contributed by atoms with Crippen LogP contribution in [0.2, 0.25) is 0 Å². The standard InChI is InChI=1S/C13H15Br2N3/c1-9(12-4-3-10(14)7-13(12)15)16-8-11-5-6-17-18(11)2/h3-7,9,16H,8H2,1-2H3. The zero-order chi connectivity index (χ0) is 13.1. The normalized spacial score (nSPS) is 12.7. The van der Waals surface area contributed by atoms with Crippen LogP contribution in [0.1, 0.15) is 24.2 Å². The van der Waals surface area contributed by atoms with Crippen molar-refractivity contribution in [3.63, 3.8) is 0 Å². The summed E-state index contributed by atoms with van der Waals surface area (Å²) >= 11 is 7.06. The summed E-state index contributed by atoms with van der Waals surface area (Å²) < 4.78 is 4.08. The summed E-state index contributed by atoms with van der Waals surface area (Å²) in [6.07, 6.45) is 1.82. The van der Waals surface area contributed by atoms with Crippen LogP contribution in [0.15, 0.2) is 39.4 Å². The van der Waals surface area contributed by atoms with Crippen LogP contribution in [0, 0.1) is 0 Å². The highest BCUT2D eigenvalue weighted by Crippen LogP contribution is 2.26. The van der Waals surface area contributed by atoms with Crippen LogP contribution >= 0.6 is 31.9 Å². The Bertz CT molecular complexity index is 537. The molecule has 0 saturated carbocycles. The third-order valence-electron chi connectivity index (χ3n) is 2.94. The molecule has 0 spiro atoms. The van der Waals surface area contributed by atoms with Crippen LogP contribution in [0.3, 0.4) is 0 Å². The van der Waals surface area contributed by atoms with Crippen molar-refractivity contribution < 1.29 is 0 Å². The Labute approximate surface area is 124 Å². The molecule has 1 N–H and O–H groups in total. The Morgan fingerprint density at radius 3 is 2.72 bits per heavy atom. The predicted molar refractivity (Wildman–Crippen MR) is 80.3 cm³/mol. The van der Waals surface area contributed by atoms with E-state index in [2.05, 4.69) is 67.4 Å². The fourth-order valence-corrected chi connectivity index (χ4v) is 3.19. The molecule has 0 saturated heterocycles. The van der Waals surface area contributed by atoms with E-state index in [-0.39, 0.29) is 6.04 Å². The minimum atomic E-state index is 0.280. The number of benzene rings is 1. The molecule has 2 rings (SSSR count). The fraction of sp³-hybridized carbons (Fsp3) is 0.308. The first-order chi connectivity index (χ1) is 8.58. The highest BCUT2D eigenvalue weighted by molar-refractivity contribution is 9.11. The van der Waals surface area contributed by atoms with Gasteiger partial charge >= 0.3 is 0 Å². The van der Waals surface area contributed by atoms with Gasteiger partial charge < -0.3 is 5.32 Å². The van der Waals surface area contributed by atoms with Gasteiger partial charge in [0.1, 0.15) is 0 Å². The van der Waals surface area contributed by atoms with Gasteiger partial charge in [-0.15, -0.1) is 0 Å². The van der Waals surface area contributed by atoms with Crippen LogP contribution < -0.4 is 5.32 Å². The number of rotatable bonds is 4. The second-order valence-corrected chi connectivity index (χ2v) is 5.98. The van der Waals surface area contributed by atoms with Crippen LogP contribution in [0.4, 0.5) is 0 Å². The van der Waals surface area contributed by atoms with E-state index < -0.39 is 0 Å². The topological polar surface area (TPSA) is 29.9 Å². The zero-order valence-electron chi connectivity index (χ0n) is 10.3. The first kappa shape index (κ1) is 13.8. The molecule has 18 heavy (non-hydrogen) atoms. The summed E-state index contributed by atoms with van der Waals surface area (Å²) in [7, 11) is 1.96. The van der Waals surface area contributed by atoms with Crippen LogP contribution in [0.25, 0.3) is 0 Å². The molecule has 0 fully saturated rings. The highest BCUT2D eigenvalue weighted by atomic mass is 79.9. The predicted octanol–water partition coefficient (Wildman–Crippen LogP) is 3.80. The van der Waals surface area contributed by atoms with Crippen LogP contribution in [0.5, 0.6) is 0 Å². The van der Waals surface area contributed by atoms with Crippen molar-refractivity contribution in [2.24, 2.45) is 7.05 Å². The van der Waals surface area contributed by atoms with Gasteiger partial charge in [0.05, 0.1) is 5.69 Å². The van der Waals surface area contributed by atoms with Crippen molar-refractivity contribution in [1.29, 1.82) is 0 Å². The van der Waals surface area contributed by atoms with E-state index in [1.807, 2.05) is 24.0 Å². The van der Waals surface area contributed by atoms with E-state index in [4.69, 9.17) is 0 Å². The van der Waals surface area contributed by atoms with Crippen LogP contribution in [-0.4, -0.2) is 9.78 Å². The molecule has 96 valence electrons. The molecule has 0 aliphatic rings. The molecule has 1 aromatic heterocycles. The molecule has 2 aromatic rings. The lowest BCUT2D eigenvalue weighted by atomic mass is 10.1. The van der Waals surface area contributed by atoms with Gasteiger partial charge in [0.25, 0.3) is 0 Å². The summed E-state index contributed by atoms with van der Waals surface area (Å²) in [6, 6.07) is 8.55. The molecule has 1 aromatic carbocycles. The molecule has 3 nitrogen and oxygen atoms in total. The maximum atomic E-state index is 4.16. The summed E-state index contributed by atoms with van der Waals surface area (Å²) in [5, 5.41) is 7.65. The summed E-state index contributed by atoms with van der Waals surface area (Å²) in [5.41, 5.74) is 2.43. The van der Waals surface area contributed by atoms with E-state index in [9.17, 15) is 0 Å². The minimum absolute atomic E-state index is 0.280. The molecule has 1 heterocycles. The molecule has 0 radical (unpaired) electrons. The highest BCUT2D eigenvalue weighted by Gasteiger charge is 2.09. The molecular weight excluding hydrogens is 358 g/mol. The average Bonchev–Trinajstić information content (AvgIpc) is 2.72. The number of nitrogens with one attached hydrogen (secondary N) is 1. The lowest BCUT2D eigenvalue weighted by molar-refractivity contribution is 0.547. The molecular formula is C13H15Br2N3. The number of nitrogens with zero attached hydrogens (tertiary/aromatic N) is 2. The molecule has 5 heteroatoms. The molecule has 0 bridgehead atoms. The van der Waals surface area contributed by atoms with Gasteiger partial charge in [-0.3, -0.25) is 4.68 Å². The fourth-order valence-electron chi connectivity index (χ4n) is 1.80. The SMILES string of the molecule is CC(NCc1ccnn1C)c1ccc(Br)cc1Br. The molecule has 0 aliphatic heterocycles. The van der Waals surface area contributed by atoms with Crippen molar-refractivity contribution >= 4 is 31.9 Å². The molecule has 1 unspecified atom stereocenters. The minimum Gasteiger partial charge on any atom is -0.305 e. The van der Waals surface area contributed by atoms with Gasteiger partial charge in [-0.05, 0) is 30.7 Å². The summed E-state index contributed by atoms with van der Waals surface area (Å²) in [6.45, 7) is 2.96. The van der Waals surface area contributed by atoms with Crippen molar-refractivity contribution in [1.82, 2.24) is 15.1 Å². The maximum absolute atomic E-state index is 4.16. The van der Waals surface area contributed by atoms with Gasteiger partial charge in [-0.2, -0.15) is 5.10 Å². The third kappa shape index (κ3) is 3.22. The molecule has 0 amide bonds. The van der Waals surface area contributed by atoms with Crippen molar-refractivity contribution in [2.75, 3.05) is 0 Å². The Morgan fingerprint density at radius 2 is 2.11 bits per heavy atom. The van der Waals surface area contributed by atoms with Gasteiger partial charge in [-0.1, -0.05) is 37.9 Å². The number of hydrogen-bond donors (Lipinski definition) is 1.